The van der Waals surface area contributed by atoms with Gasteiger partial charge in [-0.2, -0.15) is 0 Å². The topological polar surface area (TPSA) is 66.4 Å². The minimum Gasteiger partial charge on any atom is -0.395 e. The monoisotopic (exact) mass is 285 g/mol. The summed E-state index contributed by atoms with van der Waals surface area (Å²) in [7, 11) is -3.57. The third kappa shape index (κ3) is 4.60. The summed E-state index contributed by atoms with van der Waals surface area (Å²) in [5.74, 6) is 0.319. The molecule has 0 aliphatic rings. The Kier molecular flexibility index (Phi) is 5.52. The van der Waals surface area contributed by atoms with Crippen LogP contribution in [0.15, 0.2) is 23.1 Å². The van der Waals surface area contributed by atoms with E-state index in [2.05, 4.69) is 4.72 Å². The molecule has 1 atom stereocenters. The van der Waals surface area contributed by atoms with Crippen molar-refractivity contribution in [2.24, 2.45) is 5.92 Å². The van der Waals surface area contributed by atoms with Gasteiger partial charge in [-0.25, -0.2) is 13.1 Å². The molecule has 0 fully saturated rings. The van der Waals surface area contributed by atoms with Gasteiger partial charge in [-0.15, -0.1) is 0 Å². The van der Waals surface area contributed by atoms with E-state index in [-0.39, 0.29) is 11.5 Å². The molecule has 0 spiro atoms. The van der Waals surface area contributed by atoms with Gasteiger partial charge in [0.25, 0.3) is 0 Å². The van der Waals surface area contributed by atoms with Gasteiger partial charge in [-0.3, -0.25) is 0 Å². The van der Waals surface area contributed by atoms with Crippen LogP contribution < -0.4 is 4.72 Å². The molecule has 5 heteroatoms. The van der Waals surface area contributed by atoms with Gasteiger partial charge in [0.1, 0.15) is 0 Å². The maximum Gasteiger partial charge on any atom is 0.240 e. The molecule has 0 amide bonds. The standard InChI is InChI=1S/C14H23NO3S/c1-10(2)7-13(9-16)15-19(17,18)14-6-5-11(3)12(4)8-14/h5-6,8,10,13,15-16H,7,9H2,1-4H3. The molecule has 0 aliphatic carbocycles. The normalized spacial score (nSPS) is 13.8. The van der Waals surface area contributed by atoms with E-state index in [1.54, 1.807) is 18.2 Å². The van der Waals surface area contributed by atoms with Crippen LogP contribution in [-0.4, -0.2) is 26.2 Å². The van der Waals surface area contributed by atoms with Crippen LogP contribution in [0.4, 0.5) is 0 Å². The van der Waals surface area contributed by atoms with E-state index in [9.17, 15) is 13.5 Å². The number of hydrogen-bond donors (Lipinski definition) is 2. The Morgan fingerprint density at radius 1 is 1.21 bits per heavy atom. The highest BCUT2D eigenvalue weighted by atomic mass is 32.2. The predicted molar refractivity (Wildman–Crippen MR) is 76.6 cm³/mol. The van der Waals surface area contributed by atoms with Crippen molar-refractivity contribution in [1.82, 2.24) is 4.72 Å². The lowest BCUT2D eigenvalue weighted by atomic mass is 10.1. The first-order chi connectivity index (χ1) is 8.76. The third-order valence-electron chi connectivity index (χ3n) is 3.09. The maximum atomic E-state index is 12.2. The van der Waals surface area contributed by atoms with Crippen molar-refractivity contribution in [1.29, 1.82) is 0 Å². The Hall–Kier alpha value is -0.910. The van der Waals surface area contributed by atoms with E-state index in [0.29, 0.717) is 12.3 Å². The fraction of sp³-hybridized carbons (Fsp3) is 0.571. The van der Waals surface area contributed by atoms with Crippen LogP contribution in [0.1, 0.15) is 31.4 Å². The zero-order chi connectivity index (χ0) is 14.6. The molecule has 0 bridgehead atoms. The van der Waals surface area contributed by atoms with Crippen LogP contribution in [0.3, 0.4) is 0 Å². The molecular formula is C14H23NO3S. The molecule has 1 aromatic rings. The van der Waals surface area contributed by atoms with Crippen molar-refractivity contribution < 1.29 is 13.5 Å². The molecule has 0 saturated carbocycles. The van der Waals surface area contributed by atoms with E-state index >= 15 is 0 Å². The molecule has 0 heterocycles. The van der Waals surface area contributed by atoms with E-state index in [1.807, 2.05) is 27.7 Å². The molecule has 1 unspecified atom stereocenters. The highest BCUT2D eigenvalue weighted by molar-refractivity contribution is 7.89. The number of hydrogen-bond acceptors (Lipinski definition) is 3. The summed E-state index contributed by atoms with van der Waals surface area (Å²) < 4.78 is 27.0. The van der Waals surface area contributed by atoms with Gasteiger partial charge in [0.15, 0.2) is 0 Å². The van der Waals surface area contributed by atoms with Gasteiger partial charge in [0, 0.05) is 6.04 Å². The summed E-state index contributed by atoms with van der Waals surface area (Å²) in [6, 6.07) is 4.60. The van der Waals surface area contributed by atoms with Crippen LogP contribution in [0.5, 0.6) is 0 Å². The smallest absolute Gasteiger partial charge is 0.240 e. The van der Waals surface area contributed by atoms with Gasteiger partial charge in [0.05, 0.1) is 11.5 Å². The van der Waals surface area contributed by atoms with Crippen molar-refractivity contribution in [3.8, 4) is 0 Å². The molecule has 19 heavy (non-hydrogen) atoms. The third-order valence-corrected chi connectivity index (χ3v) is 4.60. The first-order valence-electron chi connectivity index (χ1n) is 6.46. The van der Waals surface area contributed by atoms with Gasteiger partial charge < -0.3 is 5.11 Å². The molecule has 0 saturated heterocycles. The molecule has 1 aromatic carbocycles. The van der Waals surface area contributed by atoms with Crippen molar-refractivity contribution in [3.63, 3.8) is 0 Å². The molecule has 4 nitrogen and oxygen atoms in total. The number of aliphatic hydroxyl groups is 1. The van der Waals surface area contributed by atoms with Gasteiger partial charge in [0.2, 0.25) is 10.0 Å². The number of nitrogens with one attached hydrogen (secondary N) is 1. The van der Waals surface area contributed by atoms with Crippen LogP contribution >= 0.6 is 0 Å². The molecule has 0 aromatic heterocycles. The highest BCUT2D eigenvalue weighted by Crippen LogP contribution is 2.16. The predicted octanol–water partition coefficient (Wildman–Crippen LogP) is 1.99. The number of rotatable bonds is 6. The Morgan fingerprint density at radius 3 is 2.32 bits per heavy atom. The molecule has 2 N–H and O–H groups in total. The highest BCUT2D eigenvalue weighted by Gasteiger charge is 2.20. The van der Waals surface area contributed by atoms with Crippen molar-refractivity contribution >= 4 is 10.0 Å². The van der Waals surface area contributed by atoms with Crippen LogP contribution in [0.2, 0.25) is 0 Å². The number of sulfonamides is 1. The largest absolute Gasteiger partial charge is 0.395 e. The fourth-order valence-corrected chi connectivity index (χ4v) is 3.22. The molecular weight excluding hydrogens is 262 g/mol. The fourth-order valence-electron chi connectivity index (χ4n) is 1.90. The van der Waals surface area contributed by atoms with Crippen LogP contribution in [0, 0.1) is 19.8 Å². The second-order valence-corrected chi connectivity index (χ2v) is 7.09. The van der Waals surface area contributed by atoms with Crippen molar-refractivity contribution in [2.45, 2.75) is 45.1 Å². The lowest BCUT2D eigenvalue weighted by molar-refractivity contribution is 0.240. The zero-order valence-corrected chi connectivity index (χ0v) is 12.8. The Bertz CT molecular complexity index is 523. The van der Waals surface area contributed by atoms with Gasteiger partial charge in [-0.1, -0.05) is 19.9 Å². The minimum atomic E-state index is -3.57. The summed E-state index contributed by atoms with van der Waals surface area (Å²) in [6.45, 7) is 7.61. The van der Waals surface area contributed by atoms with Gasteiger partial charge >= 0.3 is 0 Å². The number of aliphatic hydroxyl groups excluding tert-OH is 1. The summed E-state index contributed by atoms with van der Waals surface area (Å²) in [4.78, 5) is 0.248. The van der Waals surface area contributed by atoms with E-state index in [4.69, 9.17) is 0 Å². The molecule has 108 valence electrons. The SMILES string of the molecule is Cc1ccc(S(=O)(=O)NC(CO)CC(C)C)cc1C. The van der Waals surface area contributed by atoms with Crippen molar-refractivity contribution in [2.75, 3.05) is 6.61 Å². The lowest BCUT2D eigenvalue weighted by Crippen LogP contribution is -2.38. The Morgan fingerprint density at radius 2 is 1.84 bits per heavy atom. The van der Waals surface area contributed by atoms with E-state index in [0.717, 1.165) is 11.1 Å². The van der Waals surface area contributed by atoms with Crippen LogP contribution in [-0.2, 0) is 10.0 Å². The van der Waals surface area contributed by atoms with Crippen LogP contribution in [0.25, 0.3) is 0 Å². The second-order valence-electron chi connectivity index (χ2n) is 5.38. The maximum absolute atomic E-state index is 12.2. The van der Waals surface area contributed by atoms with Gasteiger partial charge in [-0.05, 0) is 49.4 Å². The number of aryl methyl sites for hydroxylation is 2. The lowest BCUT2D eigenvalue weighted by Gasteiger charge is -2.18. The molecule has 1 rings (SSSR count). The average Bonchev–Trinajstić information content (AvgIpc) is 2.30. The summed E-state index contributed by atoms with van der Waals surface area (Å²) >= 11 is 0. The Balaban J connectivity index is 2.93. The number of benzene rings is 1. The Labute approximate surface area is 115 Å². The first-order valence-corrected chi connectivity index (χ1v) is 7.95. The van der Waals surface area contributed by atoms with Crippen molar-refractivity contribution in [3.05, 3.63) is 29.3 Å². The zero-order valence-electron chi connectivity index (χ0n) is 12.0. The molecule has 0 aliphatic heterocycles. The summed E-state index contributed by atoms with van der Waals surface area (Å²) in [6.07, 6.45) is 0.612. The molecule has 0 radical (unpaired) electrons. The first kappa shape index (κ1) is 16.1. The average molecular weight is 285 g/mol. The second kappa shape index (κ2) is 6.50. The minimum absolute atomic E-state index is 0.192. The van der Waals surface area contributed by atoms with E-state index < -0.39 is 16.1 Å². The summed E-state index contributed by atoms with van der Waals surface area (Å²) in [5.41, 5.74) is 1.99. The quantitative estimate of drug-likeness (QED) is 0.840. The summed E-state index contributed by atoms with van der Waals surface area (Å²) in [5, 5.41) is 9.26. The van der Waals surface area contributed by atoms with E-state index in [1.165, 1.54) is 0 Å².